The molecule has 2 N–H and O–H groups in total. The molecule has 3 aromatic rings. The summed E-state index contributed by atoms with van der Waals surface area (Å²) in [4.78, 5) is 12.2. The lowest BCUT2D eigenvalue weighted by atomic mass is 10.1. The number of phenols is 1. The predicted octanol–water partition coefficient (Wildman–Crippen LogP) is 3.86. The van der Waals surface area contributed by atoms with Crippen LogP contribution in [-0.2, 0) is 6.42 Å². The first-order chi connectivity index (χ1) is 11.2. The summed E-state index contributed by atoms with van der Waals surface area (Å²) in [7, 11) is 0. The highest BCUT2D eigenvalue weighted by Gasteiger charge is 2.14. The number of hydrogen-bond donors (Lipinski definition) is 2. The summed E-state index contributed by atoms with van der Waals surface area (Å²) in [5.41, 5.74) is 2.86. The van der Waals surface area contributed by atoms with E-state index in [2.05, 4.69) is 17.4 Å². The molecule has 0 aliphatic rings. The summed E-state index contributed by atoms with van der Waals surface area (Å²) in [5.74, 6) is 0.307. The fraction of sp³-hybridized carbons (Fsp3) is 0.111. The van der Waals surface area contributed by atoms with Gasteiger partial charge in [-0.2, -0.15) is 0 Å². The molecule has 1 aromatic heterocycles. The molecule has 0 fully saturated rings. The quantitative estimate of drug-likeness (QED) is 0.767. The van der Waals surface area contributed by atoms with Gasteiger partial charge in [-0.3, -0.25) is 4.79 Å². The number of nitrogens with one attached hydrogen (secondary N) is 1. The summed E-state index contributed by atoms with van der Waals surface area (Å²) in [6.07, 6.45) is 0.952. The third-order valence-electron chi connectivity index (χ3n) is 3.51. The van der Waals surface area contributed by atoms with E-state index in [4.69, 9.17) is 4.52 Å². The Hall–Kier alpha value is -3.08. The zero-order valence-corrected chi connectivity index (χ0v) is 12.6. The topological polar surface area (TPSA) is 75.4 Å². The monoisotopic (exact) mass is 308 g/mol. The molecule has 1 amide bonds. The van der Waals surface area contributed by atoms with Gasteiger partial charge in [0.2, 0.25) is 0 Å². The van der Waals surface area contributed by atoms with Crippen molar-refractivity contribution in [1.29, 1.82) is 0 Å². The van der Waals surface area contributed by atoms with Gasteiger partial charge in [0.15, 0.2) is 11.5 Å². The van der Waals surface area contributed by atoms with Crippen molar-refractivity contribution in [2.75, 3.05) is 5.32 Å². The Bertz CT molecular complexity index is 805. The number of benzene rings is 2. The van der Waals surface area contributed by atoms with Crippen molar-refractivity contribution in [3.63, 3.8) is 0 Å². The Balaban J connectivity index is 1.74. The second-order valence-electron chi connectivity index (χ2n) is 5.13. The molecular formula is C18H16N2O3. The largest absolute Gasteiger partial charge is 0.508 e. The average Bonchev–Trinajstić information content (AvgIpc) is 3.06. The highest BCUT2D eigenvalue weighted by Crippen LogP contribution is 2.23. The van der Waals surface area contributed by atoms with Crippen molar-refractivity contribution in [2.24, 2.45) is 0 Å². The molecule has 0 aliphatic heterocycles. The maximum atomic E-state index is 12.2. The number of aryl methyl sites for hydroxylation is 1. The highest BCUT2D eigenvalue weighted by atomic mass is 16.5. The third kappa shape index (κ3) is 3.40. The Morgan fingerprint density at radius 3 is 2.48 bits per heavy atom. The fourth-order valence-electron chi connectivity index (χ4n) is 2.16. The molecule has 0 saturated carbocycles. The molecule has 5 nitrogen and oxygen atoms in total. The van der Waals surface area contributed by atoms with Crippen molar-refractivity contribution in [3.8, 4) is 17.1 Å². The molecule has 0 unspecified atom stereocenters. The molecule has 1 heterocycles. The number of carbonyl (C=O) groups excluding carboxylic acids is 1. The van der Waals surface area contributed by atoms with Crippen molar-refractivity contribution in [2.45, 2.75) is 13.3 Å². The molecular weight excluding hydrogens is 292 g/mol. The van der Waals surface area contributed by atoms with Crippen molar-refractivity contribution in [1.82, 2.24) is 5.16 Å². The van der Waals surface area contributed by atoms with E-state index in [1.807, 2.05) is 24.3 Å². The Labute approximate surface area is 133 Å². The minimum absolute atomic E-state index is 0.168. The number of aromatic nitrogens is 1. The first kappa shape index (κ1) is 14.8. The van der Waals surface area contributed by atoms with Crippen LogP contribution in [0, 0.1) is 0 Å². The molecule has 0 saturated heterocycles. The van der Waals surface area contributed by atoms with E-state index in [-0.39, 0.29) is 17.4 Å². The van der Waals surface area contributed by atoms with Gasteiger partial charge in [0, 0.05) is 17.3 Å². The van der Waals surface area contributed by atoms with Crippen LogP contribution in [0.15, 0.2) is 59.1 Å². The molecule has 0 radical (unpaired) electrons. The summed E-state index contributed by atoms with van der Waals surface area (Å²) in [5, 5.41) is 15.9. The van der Waals surface area contributed by atoms with Crippen LogP contribution in [0.3, 0.4) is 0 Å². The number of rotatable bonds is 4. The van der Waals surface area contributed by atoms with Gasteiger partial charge in [0.1, 0.15) is 5.75 Å². The van der Waals surface area contributed by atoms with E-state index in [0.29, 0.717) is 11.4 Å². The Morgan fingerprint density at radius 1 is 1.13 bits per heavy atom. The Kier molecular flexibility index (Phi) is 4.10. The van der Waals surface area contributed by atoms with E-state index < -0.39 is 0 Å². The van der Waals surface area contributed by atoms with Gasteiger partial charge in [-0.15, -0.1) is 0 Å². The molecule has 2 aromatic carbocycles. The molecule has 0 atom stereocenters. The number of carbonyl (C=O) groups is 1. The van der Waals surface area contributed by atoms with Crippen LogP contribution >= 0.6 is 0 Å². The van der Waals surface area contributed by atoms with Gasteiger partial charge in [0.25, 0.3) is 5.91 Å². The van der Waals surface area contributed by atoms with Gasteiger partial charge >= 0.3 is 0 Å². The maximum absolute atomic E-state index is 12.2. The van der Waals surface area contributed by atoms with Crippen molar-refractivity contribution < 1.29 is 14.4 Å². The van der Waals surface area contributed by atoms with Gasteiger partial charge < -0.3 is 14.9 Å². The highest BCUT2D eigenvalue weighted by molar-refractivity contribution is 6.03. The number of nitrogens with zero attached hydrogens (tertiary/aromatic N) is 1. The molecule has 0 bridgehead atoms. The Morgan fingerprint density at radius 2 is 1.83 bits per heavy atom. The SMILES string of the molecule is CCc1ccc(NC(=O)c2cc(-c3ccc(O)cc3)on2)cc1. The van der Waals surface area contributed by atoms with E-state index in [0.717, 1.165) is 12.0 Å². The normalized spacial score (nSPS) is 10.5. The lowest BCUT2D eigenvalue weighted by Gasteiger charge is -2.03. The molecule has 0 aliphatic carbocycles. The summed E-state index contributed by atoms with van der Waals surface area (Å²) >= 11 is 0. The lowest BCUT2D eigenvalue weighted by molar-refractivity contribution is 0.101. The second kappa shape index (κ2) is 6.36. The van der Waals surface area contributed by atoms with Crippen LogP contribution in [0.2, 0.25) is 0 Å². The number of anilines is 1. The van der Waals surface area contributed by atoms with Crippen LogP contribution < -0.4 is 5.32 Å². The summed E-state index contributed by atoms with van der Waals surface area (Å²) < 4.78 is 5.19. The summed E-state index contributed by atoms with van der Waals surface area (Å²) in [6.45, 7) is 2.08. The molecule has 23 heavy (non-hydrogen) atoms. The van der Waals surface area contributed by atoms with Crippen LogP contribution in [0.5, 0.6) is 5.75 Å². The minimum atomic E-state index is -0.331. The predicted molar refractivity (Wildman–Crippen MR) is 87.4 cm³/mol. The molecule has 5 heteroatoms. The van der Waals surface area contributed by atoms with Crippen LogP contribution in [0.25, 0.3) is 11.3 Å². The first-order valence-corrected chi connectivity index (χ1v) is 7.32. The summed E-state index contributed by atoms with van der Waals surface area (Å²) in [6, 6.07) is 15.7. The zero-order chi connectivity index (χ0) is 16.2. The molecule has 3 rings (SSSR count). The first-order valence-electron chi connectivity index (χ1n) is 7.32. The zero-order valence-electron chi connectivity index (χ0n) is 12.6. The smallest absolute Gasteiger partial charge is 0.277 e. The maximum Gasteiger partial charge on any atom is 0.277 e. The third-order valence-corrected chi connectivity index (χ3v) is 3.51. The van der Waals surface area contributed by atoms with Gasteiger partial charge in [-0.25, -0.2) is 0 Å². The number of hydrogen-bond acceptors (Lipinski definition) is 4. The van der Waals surface area contributed by atoms with Crippen LogP contribution in [-0.4, -0.2) is 16.2 Å². The van der Waals surface area contributed by atoms with Crippen molar-refractivity contribution in [3.05, 3.63) is 65.9 Å². The van der Waals surface area contributed by atoms with E-state index in [1.54, 1.807) is 30.3 Å². The lowest BCUT2D eigenvalue weighted by Crippen LogP contribution is -2.12. The second-order valence-corrected chi connectivity index (χ2v) is 5.13. The van der Waals surface area contributed by atoms with Crippen molar-refractivity contribution >= 4 is 11.6 Å². The molecule has 116 valence electrons. The minimum Gasteiger partial charge on any atom is -0.508 e. The van der Waals surface area contributed by atoms with Gasteiger partial charge in [-0.1, -0.05) is 24.2 Å². The number of aromatic hydroxyl groups is 1. The van der Waals surface area contributed by atoms with E-state index in [9.17, 15) is 9.90 Å². The van der Waals surface area contributed by atoms with E-state index in [1.165, 1.54) is 5.56 Å². The molecule has 0 spiro atoms. The standard InChI is InChI=1S/C18H16N2O3/c1-2-12-3-7-14(8-4-12)19-18(22)16-11-17(23-20-16)13-5-9-15(21)10-6-13/h3-11,21H,2H2,1H3,(H,19,22). The van der Waals surface area contributed by atoms with Crippen LogP contribution in [0.4, 0.5) is 5.69 Å². The average molecular weight is 308 g/mol. The van der Waals surface area contributed by atoms with Crippen LogP contribution in [0.1, 0.15) is 23.0 Å². The number of phenolic OH excluding ortho intramolecular Hbond substituents is 1. The fourth-order valence-corrected chi connectivity index (χ4v) is 2.16. The van der Waals surface area contributed by atoms with E-state index >= 15 is 0 Å². The van der Waals surface area contributed by atoms with Gasteiger partial charge in [0.05, 0.1) is 0 Å². The van der Waals surface area contributed by atoms with Gasteiger partial charge in [-0.05, 0) is 48.4 Å². The number of amides is 1.